The van der Waals surface area contributed by atoms with Crippen LogP contribution < -0.4 is 15.2 Å². The third-order valence-electron chi connectivity index (χ3n) is 2.43. The molecule has 2 aromatic rings. The molecule has 16 heavy (non-hydrogen) atoms. The zero-order chi connectivity index (χ0) is 11.0. The predicted octanol–water partition coefficient (Wildman–Crippen LogP) is 1.24. The molecule has 0 atom stereocenters. The fourth-order valence-corrected chi connectivity index (χ4v) is 1.69. The average molecular weight is 217 g/mol. The van der Waals surface area contributed by atoms with Crippen molar-refractivity contribution in [1.82, 2.24) is 9.78 Å². The number of hydrogen-bond donors (Lipinski definition) is 1. The zero-order valence-corrected chi connectivity index (χ0v) is 8.59. The van der Waals surface area contributed by atoms with Gasteiger partial charge in [-0.3, -0.25) is 4.68 Å². The van der Waals surface area contributed by atoms with E-state index in [0.29, 0.717) is 19.0 Å². The van der Waals surface area contributed by atoms with E-state index in [2.05, 4.69) is 5.10 Å². The maximum Gasteiger partial charge on any atom is 0.231 e. The van der Waals surface area contributed by atoms with Crippen LogP contribution in [0.15, 0.2) is 30.6 Å². The van der Waals surface area contributed by atoms with Crippen LogP contribution in [-0.4, -0.2) is 16.6 Å². The third kappa shape index (κ3) is 1.56. The smallest absolute Gasteiger partial charge is 0.231 e. The standard InChI is InChI=1S/C11H11N3O2/c12-9-4-13-14(6-9)5-8-1-2-10-11(3-8)16-7-15-10/h1-4,6H,5,7,12H2. The average Bonchev–Trinajstić information content (AvgIpc) is 2.87. The van der Waals surface area contributed by atoms with Gasteiger partial charge in [-0.15, -0.1) is 0 Å². The van der Waals surface area contributed by atoms with Gasteiger partial charge in [-0.1, -0.05) is 6.07 Å². The molecule has 0 bridgehead atoms. The van der Waals surface area contributed by atoms with Gasteiger partial charge in [0, 0.05) is 6.20 Å². The Morgan fingerprint density at radius 2 is 2.19 bits per heavy atom. The van der Waals surface area contributed by atoms with E-state index in [1.165, 1.54) is 0 Å². The monoisotopic (exact) mass is 217 g/mol. The van der Waals surface area contributed by atoms with E-state index in [1.54, 1.807) is 17.1 Å². The number of nitrogens with two attached hydrogens (primary N) is 1. The van der Waals surface area contributed by atoms with Crippen LogP contribution >= 0.6 is 0 Å². The fourth-order valence-electron chi connectivity index (χ4n) is 1.69. The van der Waals surface area contributed by atoms with E-state index in [-0.39, 0.29) is 0 Å². The van der Waals surface area contributed by atoms with Gasteiger partial charge in [0.25, 0.3) is 0 Å². The van der Waals surface area contributed by atoms with Gasteiger partial charge in [-0.25, -0.2) is 0 Å². The Morgan fingerprint density at radius 3 is 3.00 bits per heavy atom. The first kappa shape index (κ1) is 9.08. The first-order chi connectivity index (χ1) is 7.81. The first-order valence-corrected chi connectivity index (χ1v) is 4.98. The highest BCUT2D eigenvalue weighted by Crippen LogP contribution is 2.32. The molecule has 5 heteroatoms. The van der Waals surface area contributed by atoms with Crippen molar-refractivity contribution in [2.24, 2.45) is 0 Å². The molecule has 2 heterocycles. The lowest BCUT2D eigenvalue weighted by molar-refractivity contribution is 0.174. The van der Waals surface area contributed by atoms with Crippen LogP contribution in [0.4, 0.5) is 5.69 Å². The summed E-state index contributed by atoms with van der Waals surface area (Å²) in [5.74, 6) is 1.58. The number of fused-ring (bicyclic) bond motifs is 1. The number of rotatable bonds is 2. The van der Waals surface area contributed by atoms with Crippen molar-refractivity contribution >= 4 is 5.69 Å². The topological polar surface area (TPSA) is 62.3 Å². The van der Waals surface area contributed by atoms with Crippen molar-refractivity contribution in [3.63, 3.8) is 0 Å². The highest BCUT2D eigenvalue weighted by molar-refractivity contribution is 5.44. The molecule has 0 saturated carbocycles. The van der Waals surface area contributed by atoms with Gasteiger partial charge in [0.1, 0.15) is 0 Å². The molecule has 0 saturated heterocycles. The van der Waals surface area contributed by atoms with Crippen LogP contribution in [0.1, 0.15) is 5.56 Å². The van der Waals surface area contributed by atoms with Crippen LogP contribution in [0.2, 0.25) is 0 Å². The molecular weight excluding hydrogens is 206 g/mol. The van der Waals surface area contributed by atoms with E-state index in [1.807, 2.05) is 18.2 Å². The van der Waals surface area contributed by atoms with E-state index in [0.717, 1.165) is 17.1 Å². The van der Waals surface area contributed by atoms with Crippen LogP contribution in [0.25, 0.3) is 0 Å². The molecule has 1 aliphatic heterocycles. The van der Waals surface area contributed by atoms with E-state index in [4.69, 9.17) is 15.2 Å². The molecule has 3 rings (SSSR count). The summed E-state index contributed by atoms with van der Waals surface area (Å²) in [7, 11) is 0. The molecule has 0 aliphatic carbocycles. The number of anilines is 1. The highest BCUT2D eigenvalue weighted by atomic mass is 16.7. The summed E-state index contributed by atoms with van der Waals surface area (Å²) >= 11 is 0. The largest absolute Gasteiger partial charge is 0.454 e. The minimum absolute atomic E-state index is 0.299. The predicted molar refractivity (Wildman–Crippen MR) is 58.3 cm³/mol. The minimum Gasteiger partial charge on any atom is -0.454 e. The van der Waals surface area contributed by atoms with Crippen molar-refractivity contribution < 1.29 is 9.47 Å². The van der Waals surface area contributed by atoms with Crippen molar-refractivity contribution in [2.45, 2.75) is 6.54 Å². The molecule has 5 nitrogen and oxygen atoms in total. The van der Waals surface area contributed by atoms with E-state index >= 15 is 0 Å². The summed E-state index contributed by atoms with van der Waals surface area (Å²) in [5.41, 5.74) is 7.37. The molecule has 82 valence electrons. The summed E-state index contributed by atoms with van der Waals surface area (Å²) in [5, 5.41) is 4.12. The van der Waals surface area contributed by atoms with Crippen molar-refractivity contribution in [2.75, 3.05) is 12.5 Å². The maximum absolute atomic E-state index is 5.59. The number of nitrogen functional groups attached to an aromatic ring is 1. The summed E-state index contributed by atoms with van der Waals surface area (Å²) in [6.07, 6.45) is 3.43. The molecule has 1 aliphatic rings. The summed E-state index contributed by atoms with van der Waals surface area (Å²) in [6, 6.07) is 5.86. The number of aromatic nitrogens is 2. The normalized spacial score (nSPS) is 13.0. The Balaban J connectivity index is 1.85. The second kappa shape index (κ2) is 3.44. The van der Waals surface area contributed by atoms with Gasteiger partial charge in [0.05, 0.1) is 18.4 Å². The molecule has 1 aromatic carbocycles. The van der Waals surface area contributed by atoms with Gasteiger partial charge in [0.15, 0.2) is 11.5 Å². The Morgan fingerprint density at radius 1 is 1.31 bits per heavy atom. The zero-order valence-electron chi connectivity index (χ0n) is 8.59. The number of hydrogen-bond acceptors (Lipinski definition) is 4. The highest BCUT2D eigenvalue weighted by Gasteiger charge is 2.13. The second-order valence-electron chi connectivity index (χ2n) is 3.66. The SMILES string of the molecule is Nc1cnn(Cc2ccc3c(c2)OCO3)c1. The Labute approximate surface area is 92.4 Å². The lowest BCUT2D eigenvalue weighted by Gasteiger charge is -2.03. The van der Waals surface area contributed by atoms with Gasteiger partial charge < -0.3 is 15.2 Å². The number of nitrogens with zero attached hydrogens (tertiary/aromatic N) is 2. The molecule has 0 radical (unpaired) electrons. The van der Waals surface area contributed by atoms with Crippen LogP contribution in [-0.2, 0) is 6.54 Å². The summed E-state index contributed by atoms with van der Waals surface area (Å²) < 4.78 is 12.3. The van der Waals surface area contributed by atoms with Gasteiger partial charge in [-0.2, -0.15) is 5.10 Å². The lowest BCUT2D eigenvalue weighted by atomic mass is 10.2. The Hall–Kier alpha value is -2.17. The molecule has 0 amide bonds. The second-order valence-corrected chi connectivity index (χ2v) is 3.66. The number of ether oxygens (including phenoxy) is 2. The molecule has 0 unspecified atom stereocenters. The third-order valence-corrected chi connectivity index (χ3v) is 2.43. The van der Waals surface area contributed by atoms with Gasteiger partial charge in [-0.05, 0) is 17.7 Å². The van der Waals surface area contributed by atoms with Crippen molar-refractivity contribution in [3.8, 4) is 11.5 Å². The summed E-state index contributed by atoms with van der Waals surface area (Å²) in [4.78, 5) is 0. The van der Waals surface area contributed by atoms with E-state index < -0.39 is 0 Å². The Bertz CT molecular complexity index is 522. The molecule has 0 spiro atoms. The fraction of sp³-hybridized carbons (Fsp3) is 0.182. The molecule has 0 fully saturated rings. The quantitative estimate of drug-likeness (QED) is 0.822. The van der Waals surface area contributed by atoms with Gasteiger partial charge >= 0.3 is 0 Å². The molecule has 1 aromatic heterocycles. The van der Waals surface area contributed by atoms with Crippen LogP contribution in [0.3, 0.4) is 0 Å². The first-order valence-electron chi connectivity index (χ1n) is 4.98. The lowest BCUT2D eigenvalue weighted by Crippen LogP contribution is -1.99. The number of benzene rings is 1. The summed E-state index contributed by atoms with van der Waals surface area (Å²) in [6.45, 7) is 0.974. The maximum atomic E-state index is 5.59. The minimum atomic E-state index is 0.299. The molecule has 2 N–H and O–H groups in total. The van der Waals surface area contributed by atoms with Crippen LogP contribution in [0, 0.1) is 0 Å². The Kier molecular flexibility index (Phi) is 1.96. The van der Waals surface area contributed by atoms with E-state index in [9.17, 15) is 0 Å². The van der Waals surface area contributed by atoms with Crippen molar-refractivity contribution in [3.05, 3.63) is 36.2 Å². The molecular formula is C11H11N3O2. The van der Waals surface area contributed by atoms with Crippen molar-refractivity contribution in [1.29, 1.82) is 0 Å². The van der Waals surface area contributed by atoms with Gasteiger partial charge in [0.2, 0.25) is 6.79 Å². The van der Waals surface area contributed by atoms with Crippen LogP contribution in [0.5, 0.6) is 11.5 Å².